The number of alkyl halides is 2. The molecule has 1 aliphatic rings. The maximum Gasteiger partial charge on any atom is 0.280 e. The highest BCUT2D eigenvalue weighted by Crippen LogP contribution is 2.34. The Bertz CT molecular complexity index is 981. The van der Waals surface area contributed by atoms with Gasteiger partial charge in [-0.15, -0.1) is 0 Å². The molecule has 0 aromatic carbocycles. The summed E-state index contributed by atoms with van der Waals surface area (Å²) in [5.74, 6) is 0.188. The third-order valence-corrected chi connectivity index (χ3v) is 5.23. The third-order valence-electron chi connectivity index (χ3n) is 5.23. The number of piperidine rings is 1. The van der Waals surface area contributed by atoms with Crippen LogP contribution in [0.5, 0.6) is 0 Å². The van der Waals surface area contributed by atoms with E-state index in [4.69, 9.17) is 0 Å². The number of hydrogen-bond acceptors (Lipinski definition) is 4. The first-order valence-electron chi connectivity index (χ1n) is 8.84. The zero-order valence-corrected chi connectivity index (χ0v) is 15.1. The second-order valence-electron chi connectivity index (χ2n) is 7.07. The van der Waals surface area contributed by atoms with Gasteiger partial charge in [0.2, 0.25) is 0 Å². The molecule has 2 atom stereocenters. The van der Waals surface area contributed by atoms with Crippen molar-refractivity contribution in [3.05, 3.63) is 47.8 Å². The van der Waals surface area contributed by atoms with E-state index in [0.29, 0.717) is 24.3 Å². The summed E-state index contributed by atoms with van der Waals surface area (Å²) in [6.45, 7) is 3.15. The van der Waals surface area contributed by atoms with Crippen LogP contribution in [-0.4, -0.2) is 48.0 Å². The van der Waals surface area contributed by atoms with Crippen molar-refractivity contribution in [3.63, 3.8) is 0 Å². The zero-order valence-electron chi connectivity index (χ0n) is 15.1. The van der Waals surface area contributed by atoms with Gasteiger partial charge >= 0.3 is 0 Å². The van der Waals surface area contributed by atoms with Gasteiger partial charge in [0.25, 0.3) is 18.1 Å². The lowest BCUT2D eigenvalue weighted by atomic mass is 9.84. The molecule has 0 spiro atoms. The van der Waals surface area contributed by atoms with Crippen LogP contribution in [0.15, 0.2) is 30.9 Å². The summed E-state index contributed by atoms with van der Waals surface area (Å²) in [6.07, 6.45) is 3.01. The smallest absolute Gasteiger partial charge is 0.280 e. The molecule has 1 amide bonds. The molecule has 1 fully saturated rings. The Kier molecular flexibility index (Phi) is 4.37. The van der Waals surface area contributed by atoms with Crippen LogP contribution in [0, 0.1) is 5.92 Å². The van der Waals surface area contributed by atoms with Crippen LogP contribution < -0.4 is 0 Å². The van der Waals surface area contributed by atoms with Crippen LogP contribution in [0.3, 0.4) is 0 Å². The molecule has 0 radical (unpaired) electrons. The number of likely N-dealkylation sites (tertiary alicyclic amines) is 1. The number of hydrogen-bond donors (Lipinski definition) is 0. The van der Waals surface area contributed by atoms with Gasteiger partial charge in [-0.05, 0) is 24.5 Å². The summed E-state index contributed by atoms with van der Waals surface area (Å²) in [5, 5.41) is 4.15. The van der Waals surface area contributed by atoms with Crippen molar-refractivity contribution in [1.82, 2.24) is 29.0 Å². The fraction of sp³-hybridized carbons (Fsp3) is 0.444. The topological polar surface area (TPSA) is 68.3 Å². The minimum absolute atomic E-state index is 0.0505. The second-order valence-corrected chi connectivity index (χ2v) is 7.07. The molecule has 7 nitrogen and oxygen atoms in total. The SMILES string of the molecule is C[C@@H]1CCN(C(=O)c2ccn(C)c2)C[C@H]1c1cc(C(F)F)nc2ncnn12. The fourth-order valence-electron chi connectivity index (χ4n) is 3.68. The van der Waals surface area contributed by atoms with Gasteiger partial charge < -0.3 is 9.47 Å². The lowest BCUT2D eigenvalue weighted by Crippen LogP contribution is -2.42. The normalized spacial score (nSPS) is 20.6. The van der Waals surface area contributed by atoms with Gasteiger partial charge in [0, 0.05) is 38.4 Å². The van der Waals surface area contributed by atoms with Crippen molar-refractivity contribution < 1.29 is 13.6 Å². The first-order chi connectivity index (χ1) is 12.9. The lowest BCUT2D eigenvalue weighted by molar-refractivity contribution is 0.0665. The molecule has 0 bridgehead atoms. The van der Waals surface area contributed by atoms with Crippen molar-refractivity contribution >= 4 is 11.7 Å². The summed E-state index contributed by atoms with van der Waals surface area (Å²) < 4.78 is 29.9. The maximum absolute atomic E-state index is 13.3. The molecule has 27 heavy (non-hydrogen) atoms. The first-order valence-corrected chi connectivity index (χ1v) is 8.84. The number of carbonyl (C=O) groups excluding carboxylic acids is 1. The Morgan fingerprint density at radius 1 is 1.37 bits per heavy atom. The van der Waals surface area contributed by atoms with Crippen molar-refractivity contribution in [3.8, 4) is 0 Å². The zero-order chi connectivity index (χ0) is 19.1. The van der Waals surface area contributed by atoms with E-state index in [2.05, 4.69) is 22.0 Å². The van der Waals surface area contributed by atoms with E-state index >= 15 is 0 Å². The molecule has 0 unspecified atom stereocenters. The standard InChI is InChI=1S/C18H20F2N6O/c1-11-3-6-25(17(27)12-4-5-24(2)8-12)9-13(11)15-7-14(16(19)20)23-18-21-10-22-26(15)18/h4-5,7-8,10-11,13,16H,3,6,9H2,1-2H3/t11-,13-/m1/s1. The van der Waals surface area contributed by atoms with Gasteiger partial charge in [-0.3, -0.25) is 4.79 Å². The summed E-state index contributed by atoms with van der Waals surface area (Å²) in [7, 11) is 1.86. The van der Waals surface area contributed by atoms with E-state index < -0.39 is 6.43 Å². The molecule has 4 heterocycles. The molecule has 1 saturated heterocycles. The molecule has 0 N–H and O–H groups in total. The van der Waals surface area contributed by atoms with Crippen molar-refractivity contribution in [1.29, 1.82) is 0 Å². The highest BCUT2D eigenvalue weighted by atomic mass is 19.3. The Labute approximate surface area is 154 Å². The molecule has 3 aromatic rings. The van der Waals surface area contributed by atoms with Crippen LogP contribution >= 0.6 is 0 Å². The van der Waals surface area contributed by atoms with Gasteiger partial charge in [0.1, 0.15) is 12.0 Å². The Morgan fingerprint density at radius 3 is 2.89 bits per heavy atom. The third kappa shape index (κ3) is 3.17. The molecule has 0 aliphatic carbocycles. The lowest BCUT2D eigenvalue weighted by Gasteiger charge is -2.37. The number of halogens is 2. The fourth-order valence-corrected chi connectivity index (χ4v) is 3.68. The van der Waals surface area contributed by atoms with E-state index in [1.54, 1.807) is 17.2 Å². The van der Waals surface area contributed by atoms with Gasteiger partial charge in [0.15, 0.2) is 0 Å². The number of fused-ring (bicyclic) bond motifs is 1. The van der Waals surface area contributed by atoms with Crippen LogP contribution in [0.25, 0.3) is 5.78 Å². The summed E-state index contributed by atoms with van der Waals surface area (Å²) in [5.41, 5.74) is 0.926. The molecular weight excluding hydrogens is 354 g/mol. The van der Waals surface area contributed by atoms with Crippen LogP contribution in [0.2, 0.25) is 0 Å². The van der Waals surface area contributed by atoms with E-state index in [9.17, 15) is 13.6 Å². The van der Waals surface area contributed by atoms with Crippen molar-refractivity contribution in [2.45, 2.75) is 25.7 Å². The Balaban J connectivity index is 1.69. The Hall–Kier alpha value is -2.84. The highest BCUT2D eigenvalue weighted by Gasteiger charge is 2.33. The predicted molar refractivity (Wildman–Crippen MR) is 93.6 cm³/mol. The molecule has 3 aromatic heterocycles. The van der Waals surface area contributed by atoms with Crippen molar-refractivity contribution in [2.24, 2.45) is 13.0 Å². The first kappa shape index (κ1) is 17.6. The molecule has 9 heteroatoms. The number of amides is 1. The number of aromatic nitrogens is 5. The maximum atomic E-state index is 13.3. The van der Waals surface area contributed by atoms with Gasteiger partial charge in [0.05, 0.1) is 11.3 Å². The molecule has 4 rings (SSSR count). The predicted octanol–water partition coefficient (Wildman–Crippen LogP) is 2.67. The molecule has 142 valence electrons. The largest absolute Gasteiger partial charge is 0.356 e. The monoisotopic (exact) mass is 374 g/mol. The summed E-state index contributed by atoms with van der Waals surface area (Å²) in [6, 6.07) is 3.18. The molecule has 0 saturated carbocycles. The quantitative estimate of drug-likeness (QED) is 0.707. The number of rotatable bonds is 3. The van der Waals surface area contributed by atoms with Gasteiger partial charge in [-0.25, -0.2) is 18.3 Å². The van der Waals surface area contributed by atoms with Crippen molar-refractivity contribution in [2.75, 3.05) is 13.1 Å². The summed E-state index contributed by atoms with van der Waals surface area (Å²) in [4.78, 5) is 22.5. The molecule has 1 aliphatic heterocycles. The average molecular weight is 374 g/mol. The minimum Gasteiger partial charge on any atom is -0.356 e. The van der Waals surface area contributed by atoms with Crippen LogP contribution in [0.1, 0.15) is 47.4 Å². The minimum atomic E-state index is -2.69. The van der Waals surface area contributed by atoms with E-state index in [0.717, 1.165) is 6.42 Å². The average Bonchev–Trinajstić information content (AvgIpc) is 3.29. The molecular formula is C18H20F2N6O. The Morgan fingerprint density at radius 2 is 2.19 bits per heavy atom. The second kappa shape index (κ2) is 6.71. The van der Waals surface area contributed by atoms with Crippen LogP contribution in [0.4, 0.5) is 8.78 Å². The van der Waals surface area contributed by atoms with E-state index in [1.165, 1.54) is 16.9 Å². The van der Waals surface area contributed by atoms with Crippen LogP contribution in [-0.2, 0) is 7.05 Å². The van der Waals surface area contributed by atoms with E-state index in [-0.39, 0.29) is 29.2 Å². The van der Waals surface area contributed by atoms with Gasteiger partial charge in [-0.2, -0.15) is 10.1 Å². The summed E-state index contributed by atoms with van der Waals surface area (Å²) >= 11 is 0. The van der Waals surface area contributed by atoms with Gasteiger partial charge in [-0.1, -0.05) is 6.92 Å². The number of aryl methyl sites for hydroxylation is 1. The highest BCUT2D eigenvalue weighted by molar-refractivity contribution is 5.94. The number of carbonyl (C=O) groups is 1. The van der Waals surface area contributed by atoms with E-state index in [1.807, 2.05) is 17.8 Å². The number of nitrogens with zero attached hydrogens (tertiary/aromatic N) is 6.